The third-order valence-electron chi connectivity index (χ3n) is 4.23. The average Bonchev–Trinajstić information content (AvgIpc) is 3.24. The van der Waals surface area contributed by atoms with Gasteiger partial charge in [0.1, 0.15) is 0 Å². The van der Waals surface area contributed by atoms with Crippen molar-refractivity contribution in [1.29, 1.82) is 0 Å². The second kappa shape index (κ2) is 8.62. The van der Waals surface area contributed by atoms with Crippen molar-refractivity contribution in [3.8, 4) is 0 Å². The van der Waals surface area contributed by atoms with Crippen molar-refractivity contribution in [2.45, 2.75) is 33.9 Å². The van der Waals surface area contributed by atoms with Crippen LogP contribution in [0.5, 0.6) is 0 Å². The zero-order valence-electron chi connectivity index (χ0n) is 15.4. The fourth-order valence-electron chi connectivity index (χ4n) is 3.17. The average molecular weight is 385 g/mol. The van der Waals surface area contributed by atoms with Gasteiger partial charge in [0, 0.05) is 28.5 Å². The van der Waals surface area contributed by atoms with E-state index in [0.29, 0.717) is 6.54 Å². The topological polar surface area (TPSA) is 32.3 Å². The van der Waals surface area contributed by atoms with Crippen LogP contribution in [0.4, 0.5) is 5.69 Å². The van der Waals surface area contributed by atoms with Gasteiger partial charge in [0.05, 0.1) is 6.54 Å². The Kier molecular flexibility index (Phi) is 6.25. The summed E-state index contributed by atoms with van der Waals surface area (Å²) in [5, 5.41) is 7.28. The number of benzene rings is 1. The molecule has 0 spiro atoms. The van der Waals surface area contributed by atoms with Crippen LogP contribution >= 0.6 is 22.7 Å². The number of hydrogen-bond donors (Lipinski definition) is 1. The molecule has 2 aromatic heterocycles. The van der Waals surface area contributed by atoms with Crippen molar-refractivity contribution < 1.29 is 4.79 Å². The molecule has 3 rings (SSSR count). The molecule has 0 saturated carbocycles. The molecule has 2 heterocycles. The van der Waals surface area contributed by atoms with Crippen molar-refractivity contribution in [2.75, 3.05) is 11.9 Å². The minimum atomic E-state index is 0.0353. The molecule has 0 atom stereocenters. The summed E-state index contributed by atoms with van der Waals surface area (Å²) in [5.74, 6) is 0.0353. The molecule has 0 aliphatic heterocycles. The van der Waals surface area contributed by atoms with Gasteiger partial charge in [-0.25, -0.2) is 0 Å². The Morgan fingerprint density at radius 1 is 0.962 bits per heavy atom. The molecule has 0 aliphatic rings. The quantitative estimate of drug-likeness (QED) is 0.593. The highest BCUT2D eigenvalue weighted by molar-refractivity contribution is 7.10. The SMILES string of the molecule is Cc1cc(C)c(NC(=O)CN(Cc2cccs2)Cc2cccs2)c(C)c1. The first-order chi connectivity index (χ1) is 12.5. The summed E-state index contributed by atoms with van der Waals surface area (Å²) in [6.45, 7) is 8.12. The van der Waals surface area contributed by atoms with E-state index in [1.54, 1.807) is 22.7 Å². The van der Waals surface area contributed by atoms with E-state index in [1.807, 2.05) is 13.8 Å². The van der Waals surface area contributed by atoms with E-state index < -0.39 is 0 Å². The van der Waals surface area contributed by atoms with Crippen LogP contribution in [0.25, 0.3) is 0 Å². The number of amides is 1. The number of carbonyl (C=O) groups is 1. The molecule has 136 valence electrons. The molecule has 0 fully saturated rings. The van der Waals surface area contributed by atoms with Crippen LogP contribution in [0.15, 0.2) is 47.2 Å². The Morgan fingerprint density at radius 2 is 1.50 bits per heavy atom. The number of carbonyl (C=O) groups excluding carboxylic acids is 1. The lowest BCUT2D eigenvalue weighted by atomic mass is 10.1. The summed E-state index contributed by atoms with van der Waals surface area (Å²) in [6, 6.07) is 12.6. The summed E-state index contributed by atoms with van der Waals surface area (Å²) < 4.78 is 0. The maximum absolute atomic E-state index is 12.7. The maximum atomic E-state index is 12.7. The van der Waals surface area contributed by atoms with E-state index in [4.69, 9.17) is 0 Å². The fraction of sp³-hybridized carbons (Fsp3) is 0.286. The predicted molar refractivity (Wildman–Crippen MR) is 112 cm³/mol. The molecular formula is C21H24N2OS2. The molecule has 1 N–H and O–H groups in total. The first-order valence-corrected chi connectivity index (χ1v) is 10.4. The number of aryl methyl sites for hydroxylation is 3. The Labute approximate surface area is 163 Å². The molecular weight excluding hydrogens is 360 g/mol. The summed E-state index contributed by atoms with van der Waals surface area (Å²) in [4.78, 5) is 17.5. The van der Waals surface area contributed by atoms with Gasteiger partial charge >= 0.3 is 0 Å². The number of nitrogens with one attached hydrogen (secondary N) is 1. The van der Waals surface area contributed by atoms with Crippen molar-refractivity contribution in [3.05, 3.63) is 73.6 Å². The minimum Gasteiger partial charge on any atom is -0.324 e. The maximum Gasteiger partial charge on any atom is 0.238 e. The summed E-state index contributed by atoms with van der Waals surface area (Å²) in [7, 11) is 0. The van der Waals surface area contributed by atoms with E-state index in [-0.39, 0.29) is 5.91 Å². The molecule has 1 amide bonds. The summed E-state index contributed by atoms with van der Waals surface area (Å²) in [6.07, 6.45) is 0. The number of thiophene rings is 2. The molecule has 26 heavy (non-hydrogen) atoms. The molecule has 5 heteroatoms. The van der Waals surface area contributed by atoms with Gasteiger partial charge < -0.3 is 5.32 Å². The zero-order valence-corrected chi connectivity index (χ0v) is 17.0. The van der Waals surface area contributed by atoms with E-state index >= 15 is 0 Å². The van der Waals surface area contributed by atoms with Crippen molar-refractivity contribution >= 4 is 34.3 Å². The monoisotopic (exact) mass is 384 g/mol. The summed E-state index contributed by atoms with van der Waals surface area (Å²) >= 11 is 3.46. The zero-order chi connectivity index (χ0) is 18.5. The van der Waals surface area contributed by atoms with Gasteiger partial charge in [-0.3, -0.25) is 9.69 Å². The highest BCUT2D eigenvalue weighted by atomic mass is 32.1. The van der Waals surface area contributed by atoms with Crippen molar-refractivity contribution in [2.24, 2.45) is 0 Å². The molecule has 0 unspecified atom stereocenters. The predicted octanol–water partition coefficient (Wildman–Crippen LogP) is 5.38. The van der Waals surface area contributed by atoms with Crippen LogP contribution < -0.4 is 5.32 Å². The lowest BCUT2D eigenvalue weighted by Gasteiger charge is -2.21. The summed E-state index contributed by atoms with van der Waals surface area (Å²) in [5.41, 5.74) is 4.38. The molecule has 0 radical (unpaired) electrons. The highest BCUT2D eigenvalue weighted by Crippen LogP contribution is 2.22. The standard InChI is InChI=1S/C21H24N2OS2/c1-15-10-16(2)21(17(3)11-15)22-20(24)14-23(12-18-6-4-8-25-18)13-19-7-5-9-26-19/h4-11H,12-14H2,1-3H3,(H,22,24). The normalized spacial score (nSPS) is 11.1. The molecule has 0 bridgehead atoms. The largest absolute Gasteiger partial charge is 0.324 e. The lowest BCUT2D eigenvalue weighted by molar-refractivity contribution is -0.117. The van der Waals surface area contributed by atoms with Crippen LogP contribution in [0.3, 0.4) is 0 Å². The Balaban J connectivity index is 1.70. The van der Waals surface area contributed by atoms with Gasteiger partial charge in [0.25, 0.3) is 0 Å². The van der Waals surface area contributed by atoms with Crippen LogP contribution in [-0.4, -0.2) is 17.4 Å². The Morgan fingerprint density at radius 3 is 1.96 bits per heavy atom. The van der Waals surface area contributed by atoms with Crippen LogP contribution in [-0.2, 0) is 17.9 Å². The van der Waals surface area contributed by atoms with E-state index in [1.165, 1.54) is 15.3 Å². The minimum absolute atomic E-state index is 0.0353. The van der Waals surface area contributed by atoms with Crippen LogP contribution in [0, 0.1) is 20.8 Å². The molecule has 0 saturated heterocycles. The lowest BCUT2D eigenvalue weighted by Crippen LogP contribution is -2.32. The molecule has 3 aromatic rings. The Bertz CT molecular complexity index is 795. The molecule has 1 aromatic carbocycles. The van der Waals surface area contributed by atoms with Gasteiger partial charge in [-0.05, 0) is 54.8 Å². The van der Waals surface area contributed by atoms with E-state index in [9.17, 15) is 4.79 Å². The fourth-order valence-corrected chi connectivity index (χ4v) is 4.67. The first kappa shape index (κ1) is 18.8. The van der Waals surface area contributed by atoms with Crippen molar-refractivity contribution in [3.63, 3.8) is 0 Å². The first-order valence-electron chi connectivity index (χ1n) is 8.66. The third kappa shape index (κ3) is 5.04. The number of hydrogen-bond acceptors (Lipinski definition) is 4. The smallest absolute Gasteiger partial charge is 0.238 e. The van der Waals surface area contributed by atoms with Crippen LogP contribution in [0.2, 0.25) is 0 Å². The van der Waals surface area contributed by atoms with Gasteiger partial charge in [-0.15, -0.1) is 22.7 Å². The van der Waals surface area contributed by atoms with E-state index in [2.05, 4.69) is 64.3 Å². The molecule has 0 aliphatic carbocycles. The van der Waals surface area contributed by atoms with E-state index in [0.717, 1.165) is 29.9 Å². The number of nitrogens with zero attached hydrogens (tertiary/aromatic N) is 1. The van der Waals surface area contributed by atoms with Gasteiger partial charge in [0.15, 0.2) is 0 Å². The highest BCUT2D eigenvalue weighted by Gasteiger charge is 2.15. The molecule has 3 nitrogen and oxygen atoms in total. The number of anilines is 1. The number of rotatable bonds is 7. The Hall–Kier alpha value is -1.95. The van der Waals surface area contributed by atoms with Gasteiger partial charge in [-0.1, -0.05) is 29.8 Å². The third-order valence-corrected chi connectivity index (χ3v) is 5.95. The second-order valence-electron chi connectivity index (χ2n) is 6.63. The van der Waals surface area contributed by atoms with Crippen LogP contribution in [0.1, 0.15) is 26.4 Å². The van der Waals surface area contributed by atoms with Gasteiger partial charge in [0.2, 0.25) is 5.91 Å². The van der Waals surface area contributed by atoms with Crippen molar-refractivity contribution in [1.82, 2.24) is 4.90 Å². The second-order valence-corrected chi connectivity index (χ2v) is 8.69. The van der Waals surface area contributed by atoms with Gasteiger partial charge in [-0.2, -0.15) is 0 Å².